The van der Waals surface area contributed by atoms with Crippen molar-refractivity contribution in [2.75, 3.05) is 0 Å². The Labute approximate surface area is 106 Å². The van der Waals surface area contributed by atoms with E-state index in [4.69, 9.17) is 6.15 Å². The Bertz CT molecular complexity index is 276. The molecule has 0 unspecified atom stereocenters. The molecule has 16 heavy (non-hydrogen) atoms. The van der Waals surface area contributed by atoms with Gasteiger partial charge >= 0.3 is 101 Å². The molecule has 2 N–H and O–H groups in total. The second kappa shape index (κ2) is 9.41. The molecule has 0 bridgehead atoms. The van der Waals surface area contributed by atoms with E-state index in [1.165, 1.54) is 26.0 Å². The first-order valence-corrected chi connectivity index (χ1v) is 6.71. The Kier molecular flexibility index (Phi) is 10.3. The molecular formula is C10H16O5Sn. The molecule has 6 heteroatoms. The average Bonchev–Trinajstić information content (AvgIpc) is 2.00. The standard InChI is InChI=1S/2C5H8O2.H2O.Sn/c2*1-4(6)3-5(2)7;;/h2*3,6H,1-2H3;1H2;/q;;;+2/p-2/b2*4-3-;;. The van der Waals surface area contributed by atoms with Crippen molar-refractivity contribution >= 4 is 33.5 Å². The molecule has 0 heterocycles. The van der Waals surface area contributed by atoms with Crippen LogP contribution in [0.25, 0.3) is 0 Å². The van der Waals surface area contributed by atoms with Crippen molar-refractivity contribution in [2.45, 2.75) is 27.7 Å². The molecule has 0 atom stereocenters. The van der Waals surface area contributed by atoms with Gasteiger partial charge in [-0.1, -0.05) is 0 Å². The first-order chi connectivity index (χ1) is 6.91. The van der Waals surface area contributed by atoms with E-state index in [1.54, 1.807) is 13.8 Å². The fourth-order valence-corrected chi connectivity index (χ4v) is 1.99. The Morgan fingerprint density at radius 3 is 1.44 bits per heavy atom. The van der Waals surface area contributed by atoms with Crippen molar-refractivity contribution in [2.24, 2.45) is 0 Å². The molecule has 0 aromatic heterocycles. The van der Waals surface area contributed by atoms with Crippen LogP contribution in [0.1, 0.15) is 27.7 Å². The molecule has 0 aliphatic heterocycles. The van der Waals surface area contributed by atoms with E-state index in [2.05, 4.69) is 0 Å². The first-order valence-electron chi connectivity index (χ1n) is 4.38. The van der Waals surface area contributed by atoms with Crippen molar-refractivity contribution < 1.29 is 21.2 Å². The number of hydrogen-bond donors (Lipinski definition) is 0. The summed E-state index contributed by atoms with van der Waals surface area (Å²) in [6.45, 7) is 6.32. The van der Waals surface area contributed by atoms with E-state index >= 15 is 0 Å². The fraction of sp³-hybridized carbons (Fsp3) is 0.400. The Morgan fingerprint density at radius 2 is 1.19 bits per heavy atom. The van der Waals surface area contributed by atoms with Gasteiger partial charge in [-0.25, -0.2) is 0 Å². The summed E-state index contributed by atoms with van der Waals surface area (Å²) in [6.07, 6.45) is 2.82. The van der Waals surface area contributed by atoms with Gasteiger partial charge in [0, 0.05) is 0 Å². The number of hydrogen-bond acceptors (Lipinski definition) is 4. The number of ketones is 2. The molecule has 0 amide bonds. The third kappa shape index (κ3) is 11.3. The van der Waals surface area contributed by atoms with E-state index in [-0.39, 0.29) is 17.0 Å². The van der Waals surface area contributed by atoms with Crippen LogP contribution in [0, 0.1) is 0 Å². The number of carbonyl (C=O) groups is 2. The van der Waals surface area contributed by atoms with Gasteiger partial charge in [0.1, 0.15) is 0 Å². The van der Waals surface area contributed by atoms with Crippen LogP contribution >= 0.6 is 0 Å². The predicted octanol–water partition coefficient (Wildman–Crippen LogP) is 0.715. The monoisotopic (exact) mass is 336 g/mol. The van der Waals surface area contributed by atoms with Gasteiger partial charge in [0.2, 0.25) is 0 Å². The van der Waals surface area contributed by atoms with Crippen molar-refractivity contribution in [1.29, 1.82) is 0 Å². The van der Waals surface area contributed by atoms with Gasteiger partial charge in [0.25, 0.3) is 0 Å². The molecular weight excluding hydrogens is 319 g/mol. The minimum absolute atomic E-state index is 0. The molecule has 0 spiro atoms. The number of rotatable bonds is 6. The van der Waals surface area contributed by atoms with E-state index in [1.807, 2.05) is 0 Å². The van der Waals surface area contributed by atoms with Crippen molar-refractivity contribution in [3.8, 4) is 0 Å². The zero-order valence-corrected chi connectivity index (χ0v) is 12.6. The molecule has 0 aromatic rings. The van der Waals surface area contributed by atoms with Crippen LogP contribution in [0.5, 0.6) is 0 Å². The van der Waals surface area contributed by atoms with Gasteiger partial charge in [-0.3, -0.25) is 0 Å². The topological polar surface area (TPSA) is 84.1 Å². The SMILES string of the molecule is CC(=O)/C=C(/C)[O][Sn][O]/C(C)=C\C(C)=O.O. The summed E-state index contributed by atoms with van der Waals surface area (Å²) in [7, 11) is 0. The zero-order chi connectivity index (χ0) is 11.8. The largest absolute Gasteiger partial charge is 0.412 e. The molecule has 0 aliphatic rings. The fourth-order valence-electron chi connectivity index (χ4n) is 0.784. The molecule has 0 fully saturated rings. The van der Waals surface area contributed by atoms with Crippen LogP contribution in [0.2, 0.25) is 0 Å². The van der Waals surface area contributed by atoms with E-state index in [0.29, 0.717) is 11.5 Å². The molecule has 0 saturated carbocycles. The van der Waals surface area contributed by atoms with Crippen LogP contribution in [-0.2, 0) is 15.7 Å². The number of carbonyl (C=O) groups excluding carboxylic acids is 2. The van der Waals surface area contributed by atoms with Gasteiger partial charge < -0.3 is 5.48 Å². The summed E-state index contributed by atoms with van der Waals surface area (Å²) in [5, 5.41) is 0. The minimum atomic E-state index is -1.48. The Hall–Kier alpha value is -0.821. The molecule has 5 nitrogen and oxygen atoms in total. The summed E-state index contributed by atoms with van der Waals surface area (Å²) in [5.41, 5.74) is 0. The molecule has 2 radical (unpaired) electrons. The van der Waals surface area contributed by atoms with Crippen LogP contribution in [0.15, 0.2) is 23.7 Å². The third-order valence-corrected chi connectivity index (χ3v) is 3.53. The van der Waals surface area contributed by atoms with Gasteiger partial charge in [-0.05, 0) is 0 Å². The quantitative estimate of drug-likeness (QED) is 0.407. The maximum atomic E-state index is 10.7. The number of allylic oxidation sites excluding steroid dienone is 4. The molecule has 0 saturated heterocycles. The van der Waals surface area contributed by atoms with Crippen molar-refractivity contribution in [1.82, 2.24) is 0 Å². The smallest absolute Gasteiger partial charge is 0.412 e. The molecule has 0 aliphatic carbocycles. The maximum Gasteiger partial charge on any atom is -0.412 e. The van der Waals surface area contributed by atoms with Crippen LogP contribution in [-0.4, -0.2) is 39.0 Å². The second-order valence-corrected chi connectivity index (χ2v) is 4.66. The van der Waals surface area contributed by atoms with E-state index < -0.39 is 22.0 Å². The van der Waals surface area contributed by atoms with Crippen molar-refractivity contribution in [3.05, 3.63) is 23.7 Å². The summed E-state index contributed by atoms with van der Waals surface area (Å²) >= 11 is -1.48. The zero-order valence-electron chi connectivity index (χ0n) is 9.79. The summed E-state index contributed by atoms with van der Waals surface area (Å²) in [4.78, 5) is 21.3. The second-order valence-electron chi connectivity index (χ2n) is 3.02. The van der Waals surface area contributed by atoms with Gasteiger partial charge in [0.15, 0.2) is 0 Å². The van der Waals surface area contributed by atoms with Crippen molar-refractivity contribution in [3.63, 3.8) is 0 Å². The van der Waals surface area contributed by atoms with E-state index in [0.717, 1.165) is 0 Å². The predicted molar refractivity (Wildman–Crippen MR) is 60.4 cm³/mol. The minimum Gasteiger partial charge on any atom is -0.412 e. The average molecular weight is 335 g/mol. The van der Waals surface area contributed by atoms with Gasteiger partial charge in [-0.15, -0.1) is 0 Å². The van der Waals surface area contributed by atoms with Gasteiger partial charge in [0.05, 0.1) is 0 Å². The summed E-state index contributed by atoms with van der Waals surface area (Å²) < 4.78 is 10.5. The summed E-state index contributed by atoms with van der Waals surface area (Å²) in [5.74, 6) is 1.01. The van der Waals surface area contributed by atoms with Crippen LogP contribution in [0.3, 0.4) is 0 Å². The first kappa shape index (κ1) is 17.6. The van der Waals surface area contributed by atoms with Crippen LogP contribution < -0.4 is 0 Å². The summed E-state index contributed by atoms with van der Waals surface area (Å²) in [6, 6.07) is 0. The third-order valence-electron chi connectivity index (χ3n) is 1.22. The molecule has 90 valence electrons. The van der Waals surface area contributed by atoms with Crippen LogP contribution in [0.4, 0.5) is 0 Å². The van der Waals surface area contributed by atoms with E-state index in [9.17, 15) is 9.59 Å². The normalized spacial score (nSPS) is 11.5. The molecule has 0 rings (SSSR count). The Balaban J connectivity index is 0. The Morgan fingerprint density at radius 1 is 0.875 bits per heavy atom. The van der Waals surface area contributed by atoms with Gasteiger partial charge in [-0.2, -0.15) is 0 Å². The maximum absolute atomic E-state index is 10.7. The molecule has 0 aromatic carbocycles.